The van der Waals surface area contributed by atoms with E-state index >= 15 is 0 Å². The SMILES string of the molecule is CN1c2cccnc2CN(C(=O)NC2CCC2)CC[C@H]1CO. The highest BCUT2D eigenvalue weighted by Crippen LogP contribution is 2.25. The second-order valence-corrected chi connectivity index (χ2v) is 6.20. The number of anilines is 1. The average molecular weight is 304 g/mol. The first kappa shape index (κ1) is 15.1. The second kappa shape index (κ2) is 6.52. The van der Waals surface area contributed by atoms with Crippen molar-refractivity contribution in [3.8, 4) is 0 Å². The predicted octanol–water partition coefficient (Wildman–Crippen LogP) is 1.35. The first-order valence-corrected chi connectivity index (χ1v) is 8.02. The number of hydrogen-bond donors (Lipinski definition) is 2. The van der Waals surface area contributed by atoms with Crippen molar-refractivity contribution >= 4 is 11.7 Å². The fourth-order valence-corrected chi connectivity index (χ4v) is 3.03. The number of aliphatic hydroxyl groups excluding tert-OH is 1. The maximum Gasteiger partial charge on any atom is 0.317 e. The van der Waals surface area contributed by atoms with E-state index in [2.05, 4.69) is 15.2 Å². The molecule has 120 valence electrons. The van der Waals surface area contributed by atoms with Crippen LogP contribution in [0, 0.1) is 0 Å². The molecule has 1 fully saturated rings. The van der Waals surface area contributed by atoms with Crippen LogP contribution in [0.5, 0.6) is 0 Å². The molecule has 6 heteroatoms. The Morgan fingerprint density at radius 1 is 1.45 bits per heavy atom. The van der Waals surface area contributed by atoms with Crippen LogP contribution in [0.2, 0.25) is 0 Å². The van der Waals surface area contributed by atoms with Crippen molar-refractivity contribution in [1.82, 2.24) is 15.2 Å². The Morgan fingerprint density at radius 2 is 2.27 bits per heavy atom. The molecule has 1 saturated carbocycles. The molecule has 0 spiro atoms. The van der Waals surface area contributed by atoms with Gasteiger partial charge in [-0.15, -0.1) is 0 Å². The highest BCUT2D eigenvalue weighted by molar-refractivity contribution is 5.75. The fraction of sp³-hybridized carbons (Fsp3) is 0.625. The van der Waals surface area contributed by atoms with Gasteiger partial charge in [-0.3, -0.25) is 4.98 Å². The van der Waals surface area contributed by atoms with Crippen molar-refractivity contribution < 1.29 is 9.90 Å². The molecule has 2 aliphatic rings. The molecule has 0 unspecified atom stereocenters. The van der Waals surface area contributed by atoms with Crippen LogP contribution in [0.25, 0.3) is 0 Å². The van der Waals surface area contributed by atoms with Crippen molar-refractivity contribution in [2.75, 3.05) is 25.1 Å². The third-order valence-corrected chi connectivity index (χ3v) is 4.80. The van der Waals surface area contributed by atoms with Crippen molar-refractivity contribution in [3.05, 3.63) is 24.0 Å². The van der Waals surface area contributed by atoms with Crippen LogP contribution in [0.15, 0.2) is 18.3 Å². The number of aromatic nitrogens is 1. The van der Waals surface area contributed by atoms with Crippen LogP contribution >= 0.6 is 0 Å². The topological polar surface area (TPSA) is 68.7 Å². The lowest BCUT2D eigenvalue weighted by molar-refractivity contribution is 0.174. The first-order valence-electron chi connectivity index (χ1n) is 8.02. The first-order chi connectivity index (χ1) is 10.7. The molecular formula is C16H24N4O2. The molecule has 0 radical (unpaired) electrons. The number of nitrogens with one attached hydrogen (secondary N) is 1. The van der Waals surface area contributed by atoms with E-state index in [4.69, 9.17) is 0 Å². The number of hydrogen-bond acceptors (Lipinski definition) is 4. The van der Waals surface area contributed by atoms with Gasteiger partial charge in [-0.2, -0.15) is 0 Å². The fourth-order valence-electron chi connectivity index (χ4n) is 3.03. The Bertz CT molecular complexity index is 533. The molecule has 2 heterocycles. The van der Waals surface area contributed by atoms with Crippen molar-refractivity contribution in [2.45, 2.75) is 44.3 Å². The largest absolute Gasteiger partial charge is 0.394 e. The van der Waals surface area contributed by atoms with Gasteiger partial charge < -0.3 is 20.2 Å². The van der Waals surface area contributed by atoms with Crippen molar-refractivity contribution in [2.24, 2.45) is 0 Å². The lowest BCUT2D eigenvalue weighted by Gasteiger charge is -2.37. The minimum absolute atomic E-state index is 0.00209. The van der Waals surface area contributed by atoms with Gasteiger partial charge >= 0.3 is 6.03 Å². The summed E-state index contributed by atoms with van der Waals surface area (Å²) in [4.78, 5) is 20.8. The Kier molecular flexibility index (Phi) is 4.47. The van der Waals surface area contributed by atoms with E-state index in [9.17, 15) is 9.90 Å². The molecule has 1 aliphatic carbocycles. The van der Waals surface area contributed by atoms with Gasteiger partial charge in [0.1, 0.15) is 0 Å². The van der Waals surface area contributed by atoms with Gasteiger partial charge in [0.25, 0.3) is 0 Å². The molecule has 1 aromatic rings. The van der Waals surface area contributed by atoms with E-state index < -0.39 is 0 Å². The number of carbonyl (C=O) groups excluding carboxylic acids is 1. The maximum atomic E-state index is 12.5. The molecule has 2 amide bonds. The lowest BCUT2D eigenvalue weighted by Crippen LogP contribution is -2.49. The van der Waals surface area contributed by atoms with E-state index in [0.29, 0.717) is 19.1 Å². The van der Waals surface area contributed by atoms with Gasteiger partial charge in [0.05, 0.1) is 30.6 Å². The zero-order valence-electron chi connectivity index (χ0n) is 13.0. The quantitative estimate of drug-likeness (QED) is 0.865. The van der Waals surface area contributed by atoms with Gasteiger partial charge in [-0.25, -0.2) is 4.79 Å². The summed E-state index contributed by atoms with van der Waals surface area (Å²) in [6.45, 7) is 1.21. The third kappa shape index (κ3) is 3.02. The molecule has 1 aromatic heterocycles. The molecule has 2 N–H and O–H groups in total. The summed E-state index contributed by atoms with van der Waals surface area (Å²) in [7, 11) is 1.98. The zero-order valence-corrected chi connectivity index (χ0v) is 13.0. The molecular weight excluding hydrogens is 280 g/mol. The Morgan fingerprint density at radius 3 is 2.95 bits per heavy atom. The number of carbonyl (C=O) groups is 1. The standard InChI is InChI=1S/C16H24N4O2/c1-19-13(11-21)7-9-20(16(22)18-12-4-2-5-12)10-14-15(19)6-3-8-17-14/h3,6,8,12-13,21H,2,4-5,7,9-11H2,1H3,(H,18,22)/t13-/m0/s1. The van der Waals surface area contributed by atoms with Gasteiger partial charge in [-0.05, 0) is 37.8 Å². The minimum Gasteiger partial charge on any atom is -0.394 e. The summed E-state index contributed by atoms with van der Waals surface area (Å²) >= 11 is 0. The second-order valence-electron chi connectivity index (χ2n) is 6.20. The van der Waals surface area contributed by atoms with Crippen LogP contribution in [-0.4, -0.2) is 53.3 Å². The molecule has 0 aromatic carbocycles. The summed E-state index contributed by atoms with van der Waals surface area (Å²) < 4.78 is 0. The normalized spacial score (nSPS) is 22.4. The van der Waals surface area contributed by atoms with Gasteiger partial charge in [0, 0.05) is 25.8 Å². The summed E-state index contributed by atoms with van der Waals surface area (Å²) in [5.74, 6) is 0. The molecule has 0 saturated heterocycles. The third-order valence-electron chi connectivity index (χ3n) is 4.80. The lowest BCUT2D eigenvalue weighted by atomic mass is 9.93. The summed E-state index contributed by atoms with van der Waals surface area (Å²) in [6.07, 6.45) is 5.86. The van der Waals surface area contributed by atoms with Gasteiger partial charge in [-0.1, -0.05) is 0 Å². The van der Waals surface area contributed by atoms with Gasteiger partial charge in [0.15, 0.2) is 0 Å². The summed E-state index contributed by atoms with van der Waals surface area (Å²) in [5.41, 5.74) is 1.87. The number of pyridine rings is 1. The molecule has 6 nitrogen and oxygen atoms in total. The van der Waals surface area contributed by atoms with Gasteiger partial charge in [0.2, 0.25) is 0 Å². The molecule has 3 rings (SSSR count). The molecule has 22 heavy (non-hydrogen) atoms. The van der Waals surface area contributed by atoms with Crippen LogP contribution in [0.3, 0.4) is 0 Å². The number of nitrogens with zero attached hydrogens (tertiary/aromatic N) is 3. The van der Waals surface area contributed by atoms with E-state index in [1.807, 2.05) is 24.1 Å². The number of likely N-dealkylation sites (N-methyl/N-ethyl adjacent to an activating group) is 1. The van der Waals surface area contributed by atoms with E-state index in [1.165, 1.54) is 6.42 Å². The zero-order chi connectivity index (χ0) is 15.5. The van der Waals surface area contributed by atoms with Crippen LogP contribution in [-0.2, 0) is 6.54 Å². The van der Waals surface area contributed by atoms with E-state index in [1.54, 1.807) is 6.20 Å². The Labute approximate surface area is 131 Å². The average Bonchev–Trinajstić information content (AvgIpc) is 2.48. The Balaban J connectivity index is 1.79. The van der Waals surface area contributed by atoms with E-state index in [-0.39, 0.29) is 18.7 Å². The maximum absolute atomic E-state index is 12.5. The number of rotatable bonds is 2. The summed E-state index contributed by atoms with van der Waals surface area (Å²) in [5, 5.41) is 12.7. The molecule has 1 aliphatic heterocycles. The van der Waals surface area contributed by atoms with Crippen LogP contribution in [0.1, 0.15) is 31.4 Å². The van der Waals surface area contributed by atoms with Crippen molar-refractivity contribution in [1.29, 1.82) is 0 Å². The number of urea groups is 1. The van der Waals surface area contributed by atoms with Crippen LogP contribution in [0.4, 0.5) is 10.5 Å². The summed E-state index contributed by atoms with van der Waals surface area (Å²) in [6, 6.07) is 4.21. The smallest absolute Gasteiger partial charge is 0.317 e. The highest BCUT2D eigenvalue weighted by Gasteiger charge is 2.27. The Hall–Kier alpha value is -1.82. The highest BCUT2D eigenvalue weighted by atomic mass is 16.3. The number of fused-ring (bicyclic) bond motifs is 1. The number of aliphatic hydroxyl groups is 1. The van der Waals surface area contributed by atoms with Crippen LogP contribution < -0.4 is 10.2 Å². The molecule has 1 atom stereocenters. The van der Waals surface area contributed by atoms with Crippen molar-refractivity contribution in [3.63, 3.8) is 0 Å². The monoisotopic (exact) mass is 304 g/mol. The minimum atomic E-state index is -0.0115. The predicted molar refractivity (Wildman–Crippen MR) is 84.7 cm³/mol. The molecule has 0 bridgehead atoms. The van der Waals surface area contributed by atoms with E-state index in [0.717, 1.165) is 30.6 Å². The number of amides is 2.